The molecule has 0 fully saturated rings. The summed E-state index contributed by atoms with van der Waals surface area (Å²) in [6, 6.07) is 3.93. The first-order valence-electron chi connectivity index (χ1n) is 9.16. The van der Waals surface area contributed by atoms with Gasteiger partial charge in [0.05, 0.1) is 25.2 Å². The molecule has 13 heteroatoms. The van der Waals surface area contributed by atoms with Crippen molar-refractivity contribution in [2.75, 3.05) is 13.1 Å². The van der Waals surface area contributed by atoms with E-state index in [-0.39, 0.29) is 0 Å². The first kappa shape index (κ1) is 22.2. The Hall–Kier alpha value is -3.48. The second-order valence-corrected chi connectivity index (χ2v) is 6.46. The number of carbonyl (C=O) groups is 1. The van der Waals surface area contributed by atoms with Gasteiger partial charge in [-0.25, -0.2) is 14.8 Å². The van der Waals surface area contributed by atoms with E-state index in [9.17, 15) is 13.2 Å². The average Bonchev–Trinajstić information content (AvgIpc) is 3.34. The number of furan rings is 1. The van der Waals surface area contributed by atoms with Crippen molar-refractivity contribution in [3.05, 3.63) is 54.5 Å². The van der Waals surface area contributed by atoms with Gasteiger partial charge in [-0.15, -0.1) is 10.2 Å². The zero-order valence-electron chi connectivity index (χ0n) is 16.2. The van der Waals surface area contributed by atoms with Crippen LogP contribution in [-0.4, -0.2) is 60.0 Å². The summed E-state index contributed by atoms with van der Waals surface area (Å²) < 4.78 is 45.0. The number of carboxylic acids is 1. The van der Waals surface area contributed by atoms with Crippen LogP contribution in [0.5, 0.6) is 5.75 Å². The van der Waals surface area contributed by atoms with Gasteiger partial charge in [-0.1, -0.05) is 0 Å². The molecule has 0 saturated heterocycles. The summed E-state index contributed by atoms with van der Waals surface area (Å²) in [4.78, 5) is 19.1. The van der Waals surface area contributed by atoms with Crippen LogP contribution in [0.4, 0.5) is 13.2 Å². The Labute approximate surface area is 174 Å². The maximum Gasteiger partial charge on any atom is 0.490 e. The highest BCUT2D eigenvalue weighted by Gasteiger charge is 2.38. The third-order valence-electron chi connectivity index (χ3n) is 4.30. The number of nitrogens with zero attached hydrogens (tertiary/aromatic N) is 6. The molecule has 0 bridgehead atoms. The van der Waals surface area contributed by atoms with E-state index in [0.717, 1.165) is 50.0 Å². The van der Waals surface area contributed by atoms with Crippen molar-refractivity contribution in [1.29, 1.82) is 0 Å². The van der Waals surface area contributed by atoms with Gasteiger partial charge in [0, 0.05) is 26.1 Å². The van der Waals surface area contributed by atoms with Crippen LogP contribution in [-0.2, 0) is 30.9 Å². The van der Waals surface area contributed by atoms with Gasteiger partial charge in [0.2, 0.25) is 0 Å². The fourth-order valence-corrected chi connectivity index (χ4v) is 2.82. The molecular formula is C18H19F3N6O4. The van der Waals surface area contributed by atoms with Gasteiger partial charge in [-0.3, -0.25) is 4.90 Å². The normalized spacial score (nSPS) is 14.2. The fourth-order valence-electron chi connectivity index (χ4n) is 2.82. The highest BCUT2D eigenvalue weighted by Crippen LogP contribution is 2.15. The minimum absolute atomic E-state index is 0.360. The molecule has 3 aromatic heterocycles. The number of hydrogen-bond acceptors (Lipinski definition) is 8. The minimum atomic E-state index is -5.08. The highest BCUT2D eigenvalue weighted by molar-refractivity contribution is 5.73. The Balaban J connectivity index is 0.000000339. The molecule has 0 saturated carbocycles. The molecule has 1 aliphatic rings. The number of alkyl halides is 3. The monoisotopic (exact) mass is 440 g/mol. The van der Waals surface area contributed by atoms with Gasteiger partial charge in [-0.2, -0.15) is 13.2 Å². The summed E-state index contributed by atoms with van der Waals surface area (Å²) in [5.74, 6) is 0.685. The van der Waals surface area contributed by atoms with E-state index in [1.54, 1.807) is 18.7 Å². The number of ether oxygens (including phenoxy) is 1. The average molecular weight is 440 g/mol. The molecule has 31 heavy (non-hydrogen) atoms. The van der Waals surface area contributed by atoms with Crippen LogP contribution in [0.3, 0.4) is 0 Å². The molecule has 166 valence electrons. The molecule has 3 aromatic rings. The number of aliphatic carboxylic acids is 1. The van der Waals surface area contributed by atoms with Crippen molar-refractivity contribution in [2.45, 2.75) is 32.3 Å². The fraction of sp³-hybridized carbons (Fsp3) is 0.389. The zero-order valence-corrected chi connectivity index (χ0v) is 16.2. The van der Waals surface area contributed by atoms with Gasteiger partial charge < -0.3 is 18.8 Å². The summed E-state index contributed by atoms with van der Waals surface area (Å²) in [7, 11) is 0. The van der Waals surface area contributed by atoms with Crippen LogP contribution >= 0.6 is 0 Å². The zero-order chi connectivity index (χ0) is 22.3. The number of carboxylic acid groups (broad SMARTS) is 1. The molecule has 1 N–H and O–H groups in total. The highest BCUT2D eigenvalue weighted by atomic mass is 19.4. The predicted octanol–water partition coefficient (Wildman–Crippen LogP) is 1.93. The first-order chi connectivity index (χ1) is 14.8. The topological polar surface area (TPSA) is 119 Å². The van der Waals surface area contributed by atoms with Gasteiger partial charge in [-0.05, 0) is 12.1 Å². The van der Waals surface area contributed by atoms with E-state index < -0.39 is 12.1 Å². The van der Waals surface area contributed by atoms with Crippen LogP contribution in [0.25, 0.3) is 0 Å². The van der Waals surface area contributed by atoms with E-state index in [2.05, 4.69) is 29.6 Å². The first-order valence-corrected chi connectivity index (χ1v) is 9.16. The van der Waals surface area contributed by atoms with Crippen molar-refractivity contribution in [1.82, 2.24) is 29.6 Å². The Morgan fingerprint density at radius 2 is 1.94 bits per heavy atom. The smallest absolute Gasteiger partial charge is 0.482 e. The summed E-state index contributed by atoms with van der Waals surface area (Å²) in [5.41, 5.74) is 0. The van der Waals surface area contributed by atoms with E-state index in [1.165, 1.54) is 6.33 Å². The Morgan fingerprint density at radius 3 is 2.58 bits per heavy atom. The molecule has 0 amide bonds. The molecule has 0 aliphatic carbocycles. The van der Waals surface area contributed by atoms with Crippen LogP contribution in [0.2, 0.25) is 0 Å². The minimum Gasteiger partial charge on any atom is -0.482 e. The van der Waals surface area contributed by atoms with Gasteiger partial charge >= 0.3 is 12.1 Å². The number of aromatic nitrogens is 5. The van der Waals surface area contributed by atoms with E-state index >= 15 is 0 Å². The SMILES string of the molecule is O=C(O)C(F)(F)F.c1coc(CN2CCc3nnc(COc4cncnc4)n3CC2)c1. The Bertz CT molecular complexity index is 963. The largest absolute Gasteiger partial charge is 0.490 e. The summed E-state index contributed by atoms with van der Waals surface area (Å²) >= 11 is 0. The molecule has 0 atom stereocenters. The molecule has 10 nitrogen and oxygen atoms in total. The lowest BCUT2D eigenvalue weighted by atomic mass is 10.3. The molecule has 0 aromatic carbocycles. The third kappa shape index (κ3) is 6.50. The molecule has 4 rings (SSSR count). The lowest BCUT2D eigenvalue weighted by Gasteiger charge is -2.17. The number of rotatable bonds is 5. The van der Waals surface area contributed by atoms with Crippen molar-refractivity contribution < 1.29 is 32.2 Å². The molecule has 4 heterocycles. The quantitative estimate of drug-likeness (QED) is 0.635. The summed E-state index contributed by atoms with van der Waals surface area (Å²) in [6.07, 6.45) is 2.24. The predicted molar refractivity (Wildman–Crippen MR) is 97.8 cm³/mol. The second kappa shape index (κ2) is 10.0. The van der Waals surface area contributed by atoms with Crippen molar-refractivity contribution in [3.8, 4) is 5.75 Å². The molecule has 0 radical (unpaired) electrons. The van der Waals surface area contributed by atoms with Crippen LogP contribution in [0, 0.1) is 0 Å². The number of halogens is 3. The van der Waals surface area contributed by atoms with Gasteiger partial charge in [0.15, 0.2) is 11.6 Å². The Kier molecular flexibility index (Phi) is 7.18. The molecule has 0 spiro atoms. The summed E-state index contributed by atoms with van der Waals surface area (Å²) in [6.45, 7) is 3.88. The van der Waals surface area contributed by atoms with Gasteiger partial charge in [0.25, 0.3) is 0 Å². The van der Waals surface area contributed by atoms with E-state index in [1.807, 2.05) is 12.1 Å². The maximum absolute atomic E-state index is 10.6. The van der Waals surface area contributed by atoms with Crippen molar-refractivity contribution in [2.24, 2.45) is 0 Å². The van der Waals surface area contributed by atoms with Crippen LogP contribution in [0.1, 0.15) is 17.4 Å². The number of fused-ring (bicyclic) bond motifs is 1. The molecule has 1 aliphatic heterocycles. The second-order valence-electron chi connectivity index (χ2n) is 6.46. The number of hydrogen-bond donors (Lipinski definition) is 1. The Morgan fingerprint density at radius 1 is 1.19 bits per heavy atom. The van der Waals surface area contributed by atoms with Crippen LogP contribution in [0.15, 0.2) is 41.5 Å². The summed E-state index contributed by atoms with van der Waals surface area (Å²) in [5, 5.41) is 15.7. The third-order valence-corrected chi connectivity index (χ3v) is 4.30. The standard InChI is InChI=1S/C16H18N6O2.C2HF3O2/c1-2-13(23-7-1)10-21-4-3-15-19-20-16(22(15)6-5-21)11-24-14-8-17-12-18-9-14;3-2(4,5)1(6)7/h1-2,7-9,12H,3-6,10-11H2;(H,6,7). The lowest BCUT2D eigenvalue weighted by Crippen LogP contribution is -2.26. The molecule has 0 unspecified atom stereocenters. The van der Waals surface area contributed by atoms with Crippen molar-refractivity contribution in [3.63, 3.8) is 0 Å². The van der Waals surface area contributed by atoms with Gasteiger partial charge in [0.1, 0.15) is 24.5 Å². The lowest BCUT2D eigenvalue weighted by molar-refractivity contribution is -0.192. The van der Waals surface area contributed by atoms with E-state index in [4.69, 9.17) is 19.1 Å². The van der Waals surface area contributed by atoms with E-state index in [0.29, 0.717) is 12.4 Å². The maximum atomic E-state index is 10.6. The van der Waals surface area contributed by atoms with Crippen molar-refractivity contribution >= 4 is 5.97 Å². The molecular weight excluding hydrogens is 421 g/mol. The van der Waals surface area contributed by atoms with Crippen LogP contribution < -0.4 is 4.74 Å².